The summed E-state index contributed by atoms with van der Waals surface area (Å²) in [4.78, 5) is 23.1. The number of pyridine rings is 10. The van der Waals surface area contributed by atoms with Crippen LogP contribution in [-0.2, 0) is 35.2 Å². The zero-order chi connectivity index (χ0) is 120. The molecule has 15 heteroatoms. The first-order valence-corrected chi connectivity index (χ1v) is 47.6. The minimum atomic E-state index is -2.76. The minimum absolute atomic E-state index is 0.0838. The van der Waals surface area contributed by atoms with Crippen LogP contribution in [0.2, 0.25) is 0 Å². The lowest BCUT2D eigenvalue weighted by molar-refractivity contribution is -0.661. The predicted octanol–water partition coefficient (Wildman–Crippen LogP) is 31.7. The molecule has 720 valence electrons. The molecule has 5 aromatic carbocycles. The molecule has 15 heterocycles. The maximum Gasteiger partial charge on any atom is 0.227 e. The Morgan fingerprint density at radius 3 is 0.614 bits per heavy atom. The van der Waals surface area contributed by atoms with Crippen LogP contribution in [0.4, 0.5) is 0 Å². The van der Waals surface area contributed by atoms with Crippen molar-refractivity contribution in [3.63, 3.8) is 0 Å². The Bertz CT molecular complexity index is 9130. The van der Waals surface area contributed by atoms with Crippen LogP contribution in [0.3, 0.4) is 0 Å². The molecule has 0 radical (unpaired) electrons. The first-order chi connectivity index (χ1) is 74.3. The van der Waals surface area contributed by atoms with Crippen LogP contribution in [0, 0.1) is 69.1 Å². The largest absolute Gasteiger partial charge is 0.437 e. The number of furan rings is 5. The van der Waals surface area contributed by atoms with Crippen molar-refractivity contribution in [2.75, 3.05) is 0 Å². The number of hydrogen-bond donors (Lipinski definition) is 0. The van der Waals surface area contributed by atoms with Gasteiger partial charge in [0.05, 0.1) is 27.8 Å². The second kappa shape index (κ2) is 39.7. The van der Waals surface area contributed by atoms with Crippen molar-refractivity contribution >= 4 is 110 Å². The molecule has 2 unspecified atom stereocenters. The highest BCUT2D eigenvalue weighted by molar-refractivity contribution is 6.13. The van der Waals surface area contributed by atoms with E-state index in [0.717, 1.165) is 166 Å². The molecule has 0 aliphatic heterocycles. The lowest BCUT2D eigenvalue weighted by atomic mass is 9.94. The molecule has 0 N–H and O–H groups in total. The first-order valence-electron chi connectivity index (χ1n) is 58.6. The van der Waals surface area contributed by atoms with Gasteiger partial charge in [0, 0.05) is 171 Å². The lowest BCUT2D eigenvalue weighted by Gasteiger charge is -2.12. The zero-order valence-corrected chi connectivity index (χ0v) is 86.8. The van der Waals surface area contributed by atoms with Gasteiger partial charge in [0.15, 0.2) is 58.9 Å². The van der Waals surface area contributed by atoms with Gasteiger partial charge in [0.2, 0.25) is 57.0 Å². The van der Waals surface area contributed by atoms with Gasteiger partial charge >= 0.3 is 0 Å². The highest BCUT2D eigenvalue weighted by Crippen LogP contribution is 2.45. The van der Waals surface area contributed by atoms with E-state index in [1.165, 1.54) is 26.1 Å². The number of aryl methyl sites for hydroxylation is 15. The highest BCUT2D eigenvalue weighted by atomic mass is 16.4. The summed E-state index contributed by atoms with van der Waals surface area (Å²) in [5.74, 6) is -10.5. The van der Waals surface area contributed by atoms with E-state index in [1.807, 2.05) is 213 Å². The third-order valence-corrected chi connectivity index (χ3v) is 26.8. The average Bonchev–Trinajstić information content (AvgIpc) is 1.06. The second-order valence-electron chi connectivity index (χ2n) is 39.5. The molecule has 2 atom stereocenters. The molecule has 20 aromatic rings. The van der Waals surface area contributed by atoms with Crippen LogP contribution in [0.15, 0.2) is 205 Å². The van der Waals surface area contributed by atoms with Crippen LogP contribution in [0.1, 0.15) is 339 Å². The molecular weight excluding hydrogens is 1720 g/mol. The van der Waals surface area contributed by atoms with Gasteiger partial charge < -0.3 is 22.1 Å². The van der Waals surface area contributed by atoms with E-state index < -0.39 is 86.3 Å². The molecular formula is C125H145N10O5+5. The number of aromatic nitrogens is 10. The van der Waals surface area contributed by atoms with Crippen molar-refractivity contribution in [1.29, 1.82) is 0 Å². The predicted molar refractivity (Wildman–Crippen MR) is 579 cm³/mol. The molecule has 0 aliphatic rings. The van der Waals surface area contributed by atoms with E-state index in [4.69, 9.17) is 52.2 Å². The smallest absolute Gasteiger partial charge is 0.227 e. The van der Waals surface area contributed by atoms with Gasteiger partial charge in [-0.25, -0.2) is 47.8 Å². The van der Waals surface area contributed by atoms with Gasteiger partial charge in [0.1, 0.15) is 35.2 Å². The van der Waals surface area contributed by atoms with E-state index >= 15 is 0 Å². The molecule has 15 nitrogen and oxygen atoms in total. The molecule has 0 aliphatic carbocycles. The minimum Gasteiger partial charge on any atom is -0.437 e. The summed E-state index contributed by atoms with van der Waals surface area (Å²) in [7, 11) is 9.39. The van der Waals surface area contributed by atoms with Crippen LogP contribution >= 0.6 is 0 Å². The fourth-order valence-corrected chi connectivity index (χ4v) is 19.0. The Balaban J connectivity index is 0.000000142. The molecule has 0 fully saturated rings. The molecule has 20 rings (SSSR count). The molecule has 0 bridgehead atoms. The molecule has 0 spiro atoms. The number of nitrogens with zero attached hydrogens (tertiary/aromatic N) is 10. The average molecular weight is 1890 g/mol. The summed E-state index contributed by atoms with van der Waals surface area (Å²) in [6.07, 6.45) is 8.84. The van der Waals surface area contributed by atoms with E-state index in [2.05, 4.69) is 111 Å². The standard InChI is InChI=1S/5C25H29N2O/c2*1-14(2)20-12-22(27(7)13-17(20)6)23-16(5)8-9-18-19-10-11-21(15(3)4)26-25(19)28-24(18)23;3*1-14(2)20-13-27(7)22(12-17(20)6)23-16(5)8-9-18-19-10-11-21(15(3)4)26-25(19)28-24(18)23/h5*8-15H,1-7H3/q5*+1/i1D3,6D3,14D,15D;6D3,14D,15D;1D3,14D,15D;2*14D,15D. The van der Waals surface area contributed by atoms with Gasteiger partial charge in [-0.2, -0.15) is 0 Å². The van der Waals surface area contributed by atoms with E-state index in [9.17, 15) is 0 Å². The van der Waals surface area contributed by atoms with E-state index in [1.54, 1.807) is 96.1 Å². The van der Waals surface area contributed by atoms with Crippen molar-refractivity contribution in [3.8, 4) is 56.3 Å². The summed E-state index contributed by atoms with van der Waals surface area (Å²) >= 11 is 0. The summed E-state index contributed by atoms with van der Waals surface area (Å²) < 4.78 is 220. The number of rotatable bonds is 15. The van der Waals surface area contributed by atoms with Crippen molar-refractivity contribution in [2.45, 2.75) is 266 Å². The Hall–Kier alpha value is -13.4. The number of hydrogen-bond acceptors (Lipinski definition) is 10. The van der Waals surface area contributed by atoms with Crippen molar-refractivity contribution < 1.29 is 75.1 Å². The normalized spacial score (nSPS) is 16.1. The highest BCUT2D eigenvalue weighted by Gasteiger charge is 2.32. The van der Waals surface area contributed by atoms with Gasteiger partial charge in [-0.15, -0.1) is 0 Å². The quantitative estimate of drug-likeness (QED) is 0.0908. The Morgan fingerprint density at radius 1 is 0.214 bits per heavy atom. The third kappa shape index (κ3) is 19.0. The number of fused-ring (bicyclic) bond motifs is 15. The third-order valence-electron chi connectivity index (χ3n) is 26.8. The summed E-state index contributed by atoms with van der Waals surface area (Å²) in [5, 5.41) is 9.11. The van der Waals surface area contributed by atoms with Crippen LogP contribution in [0.25, 0.3) is 167 Å². The Morgan fingerprint density at radius 2 is 0.407 bits per heavy atom. The molecule has 0 amide bonds. The van der Waals surface area contributed by atoms with Gasteiger partial charge in [-0.05, 0) is 244 Å². The van der Waals surface area contributed by atoms with Gasteiger partial charge in [-0.3, -0.25) is 0 Å². The SMILES string of the molecule is [2H]C(C)(C)c1ccc2c(n1)oc1c(-c3cc(C)c(C([2H])(C)C([2H])([2H])[2H])c[n+]3C)c(C)ccc12.[2H]C(C)(C)c1ccc2c(n1)oc1c(-c3cc(C)c(C([2H])(C)C)c[n+]3C)c(C)ccc12.[2H]C(C)(C)c1ccc2c(n1)oc1c(-c3cc(C)c(C([2H])(C)C)c[n+]3C)c(C)ccc12.[2H]C([2H])([2H])c1c[n+](C)c(-c2c(C)ccc3c2oc2nc(C([2H])(C)C)ccc23)cc1C([2H])(C)C.[2H]C([2H])([2H])c1c[n+](C)c(-c2c(C)ccc3c2oc2nc(C([2H])(C)C)ccc23)cc1C([2H])(C)C([2H])([2H])[2H]. The fraction of sp³-hybridized carbons (Fsp3) is 0.360. The van der Waals surface area contributed by atoms with Crippen molar-refractivity contribution in [1.82, 2.24) is 24.9 Å². The molecule has 0 saturated carbocycles. The maximum atomic E-state index is 8.68. The van der Waals surface area contributed by atoms with Crippen molar-refractivity contribution in [2.24, 2.45) is 35.2 Å². The second-order valence-corrected chi connectivity index (χ2v) is 39.5. The topological polar surface area (TPSA) is 150 Å². The van der Waals surface area contributed by atoms with Crippen molar-refractivity contribution in [3.05, 3.63) is 295 Å². The van der Waals surface area contributed by atoms with Gasteiger partial charge in [-0.1, -0.05) is 199 Å². The zero-order valence-electron chi connectivity index (χ0n) is 109. The lowest BCUT2D eigenvalue weighted by Crippen LogP contribution is -2.32. The summed E-state index contributed by atoms with van der Waals surface area (Å²) in [5.41, 5.74) is 28.7. The van der Waals surface area contributed by atoms with Crippen LogP contribution in [-0.4, -0.2) is 24.9 Å². The fourth-order valence-electron chi connectivity index (χ4n) is 19.0. The molecule has 140 heavy (non-hydrogen) atoms. The van der Waals surface area contributed by atoms with E-state index in [-0.39, 0.29) is 16.7 Å². The molecule has 15 aromatic heterocycles. The Kier molecular flexibility index (Phi) is 21.2. The Labute approximate surface area is 858 Å². The van der Waals surface area contributed by atoms with Crippen LogP contribution < -0.4 is 22.8 Å². The first kappa shape index (κ1) is 74.6. The summed E-state index contributed by atoms with van der Waals surface area (Å²) in [6, 6.07) is 48.9. The maximum absolute atomic E-state index is 8.68. The monoisotopic (exact) mass is 1890 g/mol. The summed E-state index contributed by atoms with van der Waals surface area (Å²) in [6.45, 7) is 37.6. The van der Waals surface area contributed by atoms with Crippen LogP contribution in [0.5, 0.6) is 0 Å². The van der Waals surface area contributed by atoms with Gasteiger partial charge in [0.25, 0.3) is 0 Å². The molecule has 0 saturated heterocycles. The van der Waals surface area contributed by atoms with E-state index in [0.29, 0.717) is 96.2 Å². The number of benzene rings is 5.